The summed E-state index contributed by atoms with van der Waals surface area (Å²) >= 11 is 0. The zero-order valence-corrected chi connectivity index (χ0v) is 9.17. The molecular formula is C11H10N2O4. The Bertz CT molecular complexity index is 601. The lowest BCUT2D eigenvalue weighted by molar-refractivity contribution is -0.385. The average Bonchev–Trinajstić information content (AvgIpc) is 3.07. The molecular weight excluding hydrogens is 224 g/mol. The van der Waals surface area contributed by atoms with Gasteiger partial charge in [0, 0.05) is 12.0 Å². The number of rotatable bonds is 3. The molecule has 0 amide bonds. The predicted octanol–water partition coefficient (Wildman–Crippen LogP) is 2.62. The summed E-state index contributed by atoms with van der Waals surface area (Å²) in [4.78, 5) is 14.7. The Morgan fingerprint density at radius 2 is 2.29 bits per heavy atom. The van der Waals surface area contributed by atoms with Crippen LogP contribution < -0.4 is 4.74 Å². The van der Waals surface area contributed by atoms with E-state index >= 15 is 0 Å². The minimum Gasteiger partial charge on any atom is -0.490 e. The zero-order valence-electron chi connectivity index (χ0n) is 9.17. The van der Waals surface area contributed by atoms with Gasteiger partial charge in [-0.05, 0) is 12.8 Å². The number of oxazole rings is 1. The van der Waals surface area contributed by atoms with E-state index in [1.165, 1.54) is 13.2 Å². The van der Waals surface area contributed by atoms with Gasteiger partial charge in [0.05, 0.1) is 18.1 Å². The first-order chi connectivity index (χ1) is 8.19. The van der Waals surface area contributed by atoms with E-state index in [4.69, 9.17) is 9.15 Å². The molecule has 88 valence electrons. The van der Waals surface area contributed by atoms with E-state index in [9.17, 15) is 10.1 Å². The van der Waals surface area contributed by atoms with Crippen molar-refractivity contribution in [1.82, 2.24) is 4.98 Å². The summed E-state index contributed by atoms with van der Waals surface area (Å²) in [6.45, 7) is 0. The second-order valence-corrected chi connectivity index (χ2v) is 4.08. The van der Waals surface area contributed by atoms with Gasteiger partial charge in [0.15, 0.2) is 17.2 Å². The maximum atomic E-state index is 10.8. The number of nitro groups is 1. The van der Waals surface area contributed by atoms with E-state index in [0.717, 1.165) is 12.8 Å². The van der Waals surface area contributed by atoms with Crippen LogP contribution in [0.15, 0.2) is 16.5 Å². The van der Waals surface area contributed by atoms with Gasteiger partial charge in [0.1, 0.15) is 5.52 Å². The number of methoxy groups -OCH3 is 1. The van der Waals surface area contributed by atoms with Gasteiger partial charge in [0.2, 0.25) is 0 Å². The van der Waals surface area contributed by atoms with E-state index in [1.807, 2.05) is 0 Å². The lowest BCUT2D eigenvalue weighted by atomic mass is 10.2. The Morgan fingerprint density at radius 3 is 2.88 bits per heavy atom. The molecule has 1 saturated carbocycles. The van der Waals surface area contributed by atoms with Crippen molar-refractivity contribution in [2.45, 2.75) is 18.8 Å². The largest absolute Gasteiger partial charge is 0.490 e. The van der Waals surface area contributed by atoms with Gasteiger partial charge in [-0.1, -0.05) is 0 Å². The third kappa shape index (κ3) is 1.61. The molecule has 17 heavy (non-hydrogen) atoms. The SMILES string of the molecule is COc1cc2nc(C3CC3)oc2cc1[N+](=O)[O-]. The Labute approximate surface area is 96.3 Å². The number of aromatic nitrogens is 1. The highest BCUT2D eigenvalue weighted by molar-refractivity contribution is 5.79. The third-order valence-electron chi connectivity index (χ3n) is 2.83. The smallest absolute Gasteiger partial charge is 0.314 e. The molecule has 6 nitrogen and oxygen atoms in total. The maximum Gasteiger partial charge on any atom is 0.314 e. The molecule has 0 N–H and O–H groups in total. The van der Waals surface area contributed by atoms with Crippen LogP contribution >= 0.6 is 0 Å². The Kier molecular flexibility index (Phi) is 2.04. The Hall–Kier alpha value is -2.11. The molecule has 0 atom stereocenters. The van der Waals surface area contributed by atoms with Crippen molar-refractivity contribution in [2.75, 3.05) is 7.11 Å². The summed E-state index contributed by atoms with van der Waals surface area (Å²) in [7, 11) is 1.40. The van der Waals surface area contributed by atoms with Crippen LogP contribution in [0.4, 0.5) is 5.69 Å². The molecule has 1 aromatic carbocycles. The van der Waals surface area contributed by atoms with Crippen molar-refractivity contribution in [3.63, 3.8) is 0 Å². The lowest BCUT2D eigenvalue weighted by Gasteiger charge is -1.99. The molecule has 1 aliphatic rings. The molecule has 0 bridgehead atoms. The van der Waals surface area contributed by atoms with Gasteiger partial charge in [-0.2, -0.15) is 0 Å². The second-order valence-electron chi connectivity index (χ2n) is 4.08. The van der Waals surface area contributed by atoms with Gasteiger partial charge >= 0.3 is 5.69 Å². The summed E-state index contributed by atoms with van der Waals surface area (Å²) in [5.74, 6) is 1.26. The monoisotopic (exact) mass is 234 g/mol. The van der Waals surface area contributed by atoms with Crippen molar-refractivity contribution < 1.29 is 14.1 Å². The van der Waals surface area contributed by atoms with E-state index in [1.54, 1.807) is 6.07 Å². The van der Waals surface area contributed by atoms with Crippen molar-refractivity contribution in [3.8, 4) is 5.75 Å². The fourth-order valence-electron chi connectivity index (χ4n) is 1.77. The predicted molar refractivity (Wildman–Crippen MR) is 59.2 cm³/mol. The van der Waals surface area contributed by atoms with Gasteiger partial charge in [0.25, 0.3) is 0 Å². The van der Waals surface area contributed by atoms with Gasteiger partial charge in [-0.3, -0.25) is 10.1 Å². The van der Waals surface area contributed by atoms with Gasteiger partial charge in [-0.15, -0.1) is 0 Å². The fraction of sp³-hybridized carbons (Fsp3) is 0.364. The molecule has 0 spiro atoms. The molecule has 0 unspecified atom stereocenters. The summed E-state index contributed by atoms with van der Waals surface area (Å²) in [5.41, 5.74) is 0.951. The topological polar surface area (TPSA) is 78.4 Å². The first kappa shape index (κ1) is 10.1. The summed E-state index contributed by atoms with van der Waals surface area (Å²) in [5, 5.41) is 10.8. The van der Waals surface area contributed by atoms with Gasteiger partial charge in [-0.25, -0.2) is 4.98 Å². The van der Waals surface area contributed by atoms with Crippen LogP contribution in [0, 0.1) is 10.1 Å². The number of ether oxygens (including phenoxy) is 1. The molecule has 0 aliphatic heterocycles. The van der Waals surface area contributed by atoms with Crippen LogP contribution in [-0.4, -0.2) is 17.0 Å². The molecule has 0 radical (unpaired) electrons. The molecule has 0 saturated heterocycles. The van der Waals surface area contributed by atoms with Crippen molar-refractivity contribution in [2.24, 2.45) is 0 Å². The summed E-state index contributed by atoms with van der Waals surface area (Å²) < 4.78 is 10.5. The number of fused-ring (bicyclic) bond motifs is 1. The number of nitrogens with zero attached hydrogens (tertiary/aromatic N) is 2. The zero-order chi connectivity index (χ0) is 12.0. The van der Waals surface area contributed by atoms with Crippen LogP contribution in [0.25, 0.3) is 11.1 Å². The number of hydrogen-bond donors (Lipinski definition) is 0. The maximum absolute atomic E-state index is 10.8. The quantitative estimate of drug-likeness (QED) is 0.602. The molecule has 1 fully saturated rings. The highest BCUT2D eigenvalue weighted by atomic mass is 16.6. The van der Waals surface area contributed by atoms with Crippen LogP contribution in [0.5, 0.6) is 5.75 Å². The van der Waals surface area contributed by atoms with Crippen LogP contribution in [-0.2, 0) is 0 Å². The molecule has 1 heterocycles. The average molecular weight is 234 g/mol. The van der Waals surface area contributed by atoms with Crippen molar-refractivity contribution in [1.29, 1.82) is 0 Å². The Morgan fingerprint density at radius 1 is 1.53 bits per heavy atom. The van der Waals surface area contributed by atoms with Crippen LogP contribution in [0.3, 0.4) is 0 Å². The lowest BCUT2D eigenvalue weighted by Crippen LogP contribution is -1.93. The molecule has 2 aromatic rings. The van der Waals surface area contributed by atoms with Crippen LogP contribution in [0.2, 0.25) is 0 Å². The number of benzene rings is 1. The minimum absolute atomic E-state index is 0.0986. The number of hydrogen-bond acceptors (Lipinski definition) is 5. The van der Waals surface area contributed by atoms with E-state index in [-0.39, 0.29) is 11.4 Å². The molecule has 1 aliphatic carbocycles. The molecule has 1 aromatic heterocycles. The minimum atomic E-state index is -0.489. The first-order valence-electron chi connectivity index (χ1n) is 5.32. The standard InChI is InChI=1S/C11H10N2O4/c1-16-10-4-7-9(5-8(10)13(14)15)17-11(12-7)6-2-3-6/h4-6H,2-3H2,1H3. The summed E-state index contributed by atoms with van der Waals surface area (Å²) in [6.07, 6.45) is 2.15. The molecule has 3 rings (SSSR count). The molecule has 6 heteroatoms. The second kappa shape index (κ2) is 3.44. The highest BCUT2D eigenvalue weighted by Crippen LogP contribution is 2.41. The highest BCUT2D eigenvalue weighted by Gasteiger charge is 2.29. The third-order valence-corrected chi connectivity index (χ3v) is 2.83. The van der Waals surface area contributed by atoms with E-state index < -0.39 is 4.92 Å². The van der Waals surface area contributed by atoms with Crippen molar-refractivity contribution >= 4 is 16.8 Å². The van der Waals surface area contributed by atoms with E-state index in [0.29, 0.717) is 22.9 Å². The van der Waals surface area contributed by atoms with Crippen molar-refractivity contribution in [3.05, 3.63) is 28.1 Å². The van der Waals surface area contributed by atoms with Gasteiger partial charge < -0.3 is 9.15 Å². The van der Waals surface area contributed by atoms with E-state index in [2.05, 4.69) is 4.98 Å². The number of nitro benzene ring substituents is 1. The Balaban J connectivity index is 2.18. The normalized spacial score (nSPS) is 15.1. The van der Waals surface area contributed by atoms with Crippen LogP contribution in [0.1, 0.15) is 24.7 Å². The first-order valence-corrected chi connectivity index (χ1v) is 5.32. The summed E-state index contributed by atoms with van der Waals surface area (Å²) in [6, 6.07) is 2.91. The fourth-order valence-corrected chi connectivity index (χ4v) is 1.77.